The van der Waals surface area contributed by atoms with Gasteiger partial charge < -0.3 is 5.73 Å². The van der Waals surface area contributed by atoms with Crippen molar-refractivity contribution < 1.29 is 0 Å². The summed E-state index contributed by atoms with van der Waals surface area (Å²) in [6, 6.07) is 14.7. The summed E-state index contributed by atoms with van der Waals surface area (Å²) in [5.74, 6) is 0. The fourth-order valence-electron chi connectivity index (χ4n) is 2.75. The molecule has 0 amide bonds. The third-order valence-corrected chi connectivity index (χ3v) is 3.78. The lowest BCUT2D eigenvalue weighted by molar-refractivity contribution is 0.526. The predicted molar refractivity (Wildman–Crippen MR) is 84.9 cm³/mol. The molecular formula is C17H20N4. The zero-order chi connectivity index (χ0) is 14.7. The van der Waals surface area contributed by atoms with E-state index in [1.54, 1.807) is 6.20 Å². The zero-order valence-electron chi connectivity index (χ0n) is 12.2. The van der Waals surface area contributed by atoms with Gasteiger partial charge in [-0.2, -0.15) is 0 Å². The highest BCUT2D eigenvalue weighted by atomic mass is 15.4. The molecule has 0 saturated carbocycles. The van der Waals surface area contributed by atoms with E-state index >= 15 is 0 Å². The van der Waals surface area contributed by atoms with Crippen LogP contribution in [0.25, 0.3) is 10.8 Å². The van der Waals surface area contributed by atoms with Crippen LogP contribution in [0.2, 0.25) is 0 Å². The first-order valence-electron chi connectivity index (χ1n) is 7.40. The van der Waals surface area contributed by atoms with Crippen molar-refractivity contribution in [3.8, 4) is 0 Å². The summed E-state index contributed by atoms with van der Waals surface area (Å²) in [5, 5.41) is 10.6. The lowest BCUT2D eigenvalue weighted by atomic mass is 9.98. The summed E-state index contributed by atoms with van der Waals surface area (Å²) in [6.07, 6.45) is 3.60. The van der Waals surface area contributed by atoms with Gasteiger partial charge >= 0.3 is 0 Å². The minimum absolute atomic E-state index is 0.0858. The van der Waals surface area contributed by atoms with Crippen LogP contribution in [0.3, 0.4) is 0 Å². The molecule has 0 bridgehead atoms. The fourth-order valence-corrected chi connectivity index (χ4v) is 2.75. The summed E-state index contributed by atoms with van der Waals surface area (Å²) < 4.78 is 1.91. The van der Waals surface area contributed by atoms with E-state index in [0.29, 0.717) is 0 Å². The number of nitrogens with two attached hydrogens (primary N) is 1. The van der Waals surface area contributed by atoms with Gasteiger partial charge in [-0.25, -0.2) is 4.68 Å². The van der Waals surface area contributed by atoms with Gasteiger partial charge in [0.05, 0.1) is 17.9 Å². The van der Waals surface area contributed by atoms with Gasteiger partial charge in [0, 0.05) is 6.54 Å². The highest BCUT2D eigenvalue weighted by molar-refractivity contribution is 5.85. The number of benzene rings is 2. The number of nitrogens with zero attached hydrogens (tertiary/aromatic N) is 3. The molecule has 0 aliphatic rings. The quantitative estimate of drug-likeness (QED) is 0.781. The van der Waals surface area contributed by atoms with Gasteiger partial charge in [-0.15, -0.1) is 5.10 Å². The molecule has 0 fully saturated rings. The Morgan fingerprint density at radius 3 is 2.81 bits per heavy atom. The second-order valence-corrected chi connectivity index (χ2v) is 5.33. The van der Waals surface area contributed by atoms with Gasteiger partial charge in [0.1, 0.15) is 0 Å². The van der Waals surface area contributed by atoms with Crippen molar-refractivity contribution in [1.29, 1.82) is 0 Å². The van der Waals surface area contributed by atoms with Crippen LogP contribution in [0.5, 0.6) is 0 Å². The van der Waals surface area contributed by atoms with Crippen molar-refractivity contribution in [3.63, 3.8) is 0 Å². The third kappa shape index (κ3) is 2.81. The molecule has 21 heavy (non-hydrogen) atoms. The molecule has 1 atom stereocenters. The number of hydrogen-bond donors (Lipinski definition) is 1. The molecule has 1 aromatic heterocycles. The van der Waals surface area contributed by atoms with Crippen LogP contribution in [0.4, 0.5) is 0 Å². The molecule has 4 nitrogen and oxygen atoms in total. The van der Waals surface area contributed by atoms with Gasteiger partial charge in [0.2, 0.25) is 0 Å². The minimum atomic E-state index is -0.0858. The molecule has 3 aromatic rings. The molecular weight excluding hydrogens is 260 g/mol. The first kappa shape index (κ1) is 13.8. The van der Waals surface area contributed by atoms with Crippen molar-refractivity contribution in [1.82, 2.24) is 15.0 Å². The zero-order valence-corrected chi connectivity index (χ0v) is 12.2. The Balaban J connectivity index is 1.89. The van der Waals surface area contributed by atoms with E-state index in [0.717, 1.165) is 25.1 Å². The van der Waals surface area contributed by atoms with E-state index in [2.05, 4.69) is 59.7 Å². The second kappa shape index (κ2) is 6.06. The maximum Gasteiger partial charge on any atom is 0.0757 e. The number of hydrogen-bond acceptors (Lipinski definition) is 3. The summed E-state index contributed by atoms with van der Waals surface area (Å²) in [7, 11) is 0. The smallest absolute Gasteiger partial charge is 0.0757 e. The predicted octanol–water partition coefficient (Wildman–Crippen LogP) is 3.08. The van der Waals surface area contributed by atoms with Gasteiger partial charge in [-0.3, -0.25) is 0 Å². The summed E-state index contributed by atoms with van der Waals surface area (Å²) in [6.45, 7) is 2.99. The monoisotopic (exact) mass is 280 g/mol. The number of aryl methyl sites for hydroxylation is 1. The highest BCUT2D eigenvalue weighted by Crippen LogP contribution is 2.23. The van der Waals surface area contributed by atoms with Gasteiger partial charge in [0.25, 0.3) is 0 Å². The number of fused-ring (bicyclic) bond motifs is 1. The molecule has 2 aromatic carbocycles. The highest BCUT2D eigenvalue weighted by Gasteiger charge is 2.14. The summed E-state index contributed by atoms with van der Waals surface area (Å²) in [4.78, 5) is 0. The third-order valence-electron chi connectivity index (χ3n) is 3.78. The Morgan fingerprint density at radius 2 is 1.95 bits per heavy atom. The van der Waals surface area contributed by atoms with E-state index in [1.165, 1.54) is 16.3 Å². The van der Waals surface area contributed by atoms with Crippen molar-refractivity contribution in [2.24, 2.45) is 5.73 Å². The fraction of sp³-hybridized carbons (Fsp3) is 0.294. The van der Waals surface area contributed by atoms with E-state index < -0.39 is 0 Å². The average molecular weight is 280 g/mol. The molecule has 0 saturated heterocycles. The number of rotatable bonds is 5. The van der Waals surface area contributed by atoms with Crippen molar-refractivity contribution in [2.45, 2.75) is 32.4 Å². The second-order valence-electron chi connectivity index (χ2n) is 5.33. The van der Waals surface area contributed by atoms with Crippen LogP contribution in [0.15, 0.2) is 48.7 Å². The number of aromatic nitrogens is 3. The first-order valence-corrected chi connectivity index (χ1v) is 7.40. The van der Waals surface area contributed by atoms with Crippen LogP contribution in [0.1, 0.15) is 30.6 Å². The maximum atomic E-state index is 6.39. The maximum absolute atomic E-state index is 6.39. The SMILES string of the molecule is CCCn1nncc1C(N)Cc1cccc2ccccc12. The van der Waals surface area contributed by atoms with Crippen molar-refractivity contribution in [3.05, 3.63) is 59.9 Å². The molecule has 1 heterocycles. The van der Waals surface area contributed by atoms with Gasteiger partial charge in [0.15, 0.2) is 0 Å². The van der Waals surface area contributed by atoms with Gasteiger partial charge in [-0.05, 0) is 29.2 Å². The standard InChI is InChI=1S/C17H20N4/c1-2-10-21-17(12-19-20-21)16(18)11-14-8-5-7-13-6-3-4-9-15(13)14/h3-9,12,16H,2,10-11,18H2,1H3. The van der Waals surface area contributed by atoms with E-state index in [4.69, 9.17) is 5.73 Å². The molecule has 4 heteroatoms. The van der Waals surface area contributed by atoms with Crippen molar-refractivity contribution in [2.75, 3.05) is 0 Å². The molecule has 0 spiro atoms. The van der Waals surface area contributed by atoms with Crippen LogP contribution < -0.4 is 5.73 Å². The Labute approximate surface area is 124 Å². The minimum Gasteiger partial charge on any atom is -0.322 e. The van der Waals surface area contributed by atoms with Crippen LogP contribution in [0, 0.1) is 0 Å². The largest absolute Gasteiger partial charge is 0.322 e. The Bertz CT molecular complexity index is 727. The summed E-state index contributed by atoms with van der Waals surface area (Å²) >= 11 is 0. The Morgan fingerprint density at radius 1 is 1.14 bits per heavy atom. The van der Waals surface area contributed by atoms with Crippen LogP contribution in [-0.4, -0.2) is 15.0 Å². The normalized spacial score (nSPS) is 12.7. The van der Waals surface area contributed by atoms with Crippen molar-refractivity contribution >= 4 is 10.8 Å². The molecule has 0 radical (unpaired) electrons. The first-order chi connectivity index (χ1) is 10.3. The Hall–Kier alpha value is -2.20. The lowest BCUT2D eigenvalue weighted by Gasteiger charge is -2.14. The molecule has 0 aliphatic carbocycles. The molecule has 108 valence electrons. The average Bonchev–Trinajstić information content (AvgIpc) is 2.96. The van der Waals surface area contributed by atoms with E-state index in [-0.39, 0.29) is 6.04 Å². The topological polar surface area (TPSA) is 56.7 Å². The lowest BCUT2D eigenvalue weighted by Crippen LogP contribution is -2.18. The molecule has 0 aliphatic heterocycles. The molecule has 2 N–H and O–H groups in total. The van der Waals surface area contributed by atoms with Gasteiger partial charge in [-0.1, -0.05) is 54.6 Å². The molecule has 1 unspecified atom stereocenters. The molecule has 3 rings (SSSR count). The van der Waals surface area contributed by atoms with Crippen LogP contribution in [-0.2, 0) is 13.0 Å². The summed E-state index contributed by atoms with van der Waals surface area (Å²) in [5.41, 5.74) is 8.67. The van der Waals surface area contributed by atoms with E-state index in [9.17, 15) is 0 Å². The van der Waals surface area contributed by atoms with Crippen LogP contribution >= 0.6 is 0 Å². The Kier molecular flexibility index (Phi) is 3.97. The van der Waals surface area contributed by atoms with E-state index in [1.807, 2.05) is 4.68 Å².